The van der Waals surface area contributed by atoms with Crippen molar-refractivity contribution in [1.82, 2.24) is 30.6 Å². The Morgan fingerprint density at radius 3 is 2.83 bits per heavy atom. The number of carbonyl (C=O) groups is 1. The van der Waals surface area contributed by atoms with Crippen molar-refractivity contribution in [3.63, 3.8) is 0 Å². The summed E-state index contributed by atoms with van der Waals surface area (Å²) in [4.78, 5) is 15.8. The molecule has 1 aliphatic rings. The van der Waals surface area contributed by atoms with Crippen molar-refractivity contribution in [2.45, 2.75) is 25.1 Å². The van der Waals surface area contributed by atoms with E-state index in [9.17, 15) is 18.0 Å². The molecule has 0 bridgehead atoms. The number of aromatic nitrogens is 4. The quantitative estimate of drug-likeness (QED) is 0.876. The molecule has 7 nitrogen and oxygen atoms in total. The highest BCUT2D eigenvalue weighted by Crippen LogP contribution is 2.28. The van der Waals surface area contributed by atoms with Crippen LogP contribution in [-0.2, 0) is 6.18 Å². The van der Waals surface area contributed by atoms with Crippen LogP contribution in [0.15, 0.2) is 24.5 Å². The maximum atomic E-state index is 12.5. The summed E-state index contributed by atoms with van der Waals surface area (Å²) in [6, 6.07) is 2.10. The lowest BCUT2D eigenvalue weighted by Crippen LogP contribution is -2.45. The summed E-state index contributed by atoms with van der Waals surface area (Å²) in [5.41, 5.74) is -0.767. The molecule has 0 aliphatic carbocycles. The van der Waals surface area contributed by atoms with Gasteiger partial charge in [0, 0.05) is 18.8 Å². The fraction of sp³-hybridized carbons (Fsp3) is 0.429. The number of nitrogens with zero attached hydrogens (tertiary/aromatic N) is 4. The van der Waals surface area contributed by atoms with Crippen molar-refractivity contribution in [3.05, 3.63) is 35.8 Å². The van der Waals surface area contributed by atoms with Gasteiger partial charge in [0.2, 0.25) is 0 Å². The highest BCUT2D eigenvalue weighted by atomic mass is 19.4. The largest absolute Gasteiger partial charge is 0.417 e. The van der Waals surface area contributed by atoms with Crippen molar-refractivity contribution >= 4 is 5.91 Å². The summed E-state index contributed by atoms with van der Waals surface area (Å²) in [5.74, 6) is -0.226. The first kappa shape index (κ1) is 16.4. The Morgan fingerprint density at radius 2 is 2.21 bits per heavy atom. The zero-order valence-corrected chi connectivity index (χ0v) is 12.5. The normalized spacial score (nSPS) is 18.4. The molecule has 2 aromatic rings. The number of hydrogen-bond acceptors (Lipinski definition) is 5. The molecule has 24 heavy (non-hydrogen) atoms. The Morgan fingerprint density at radius 1 is 1.38 bits per heavy atom. The van der Waals surface area contributed by atoms with Crippen LogP contribution in [0.4, 0.5) is 13.2 Å². The number of pyridine rings is 1. The number of carbonyl (C=O) groups excluding carboxylic acids is 1. The van der Waals surface area contributed by atoms with Crippen molar-refractivity contribution < 1.29 is 18.0 Å². The van der Waals surface area contributed by atoms with Crippen LogP contribution in [0.1, 0.15) is 28.9 Å². The molecular weight excluding hydrogens is 325 g/mol. The third kappa shape index (κ3) is 3.70. The maximum Gasteiger partial charge on any atom is 0.417 e. The first-order chi connectivity index (χ1) is 11.4. The average Bonchev–Trinajstić information content (AvgIpc) is 3.05. The van der Waals surface area contributed by atoms with Gasteiger partial charge in [0.15, 0.2) is 11.5 Å². The van der Waals surface area contributed by atoms with E-state index in [0.717, 1.165) is 30.1 Å². The van der Waals surface area contributed by atoms with Crippen LogP contribution < -0.4 is 10.6 Å². The molecule has 0 aromatic carbocycles. The van der Waals surface area contributed by atoms with Crippen LogP contribution in [0.5, 0.6) is 0 Å². The summed E-state index contributed by atoms with van der Waals surface area (Å²) in [5, 5.41) is 13.5. The topological polar surface area (TPSA) is 84.7 Å². The smallest absolute Gasteiger partial charge is 0.347 e. The van der Waals surface area contributed by atoms with E-state index in [1.807, 2.05) is 0 Å². The Kier molecular flexibility index (Phi) is 4.47. The van der Waals surface area contributed by atoms with Crippen molar-refractivity contribution in [3.8, 4) is 5.82 Å². The number of hydrogen-bond donors (Lipinski definition) is 2. The SMILES string of the molecule is O=C(NC1CCCNC1)c1cn(-c2ccc(C(F)(F)F)cn2)nn1. The fourth-order valence-corrected chi connectivity index (χ4v) is 2.40. The highest BCUT2D eigenvalue weighted by Gasteiger charge is 2.30. The predicted molar refractivity (Wildman–Crippen MR) is 77.5 cm³/mol. The zero-order chi connectivity index (χ0) is 17.2. The molecule has 1 unspecified atom stereocenters. The van der Waals surface area contributed by atoms with Gasteiger partial charge in [-0.2, -0.15) is 13.2 Å². The van der Waals surface area contributed by atoms with Crippen LogP contribution >= 0.6 is 0 Å². The molecule has 1 fully saturated rings. The second-order valence-corrected chi connectivity index (χ2v) is 5.47. The van der Waals surface area contributed by atoms with Crippen molar-refractivity contribution in [2.24, 2.45) is 0 Å². The van der Waals surface area contributed by atoms with Gasteiger partial charge in [-0.15, -0.1) is 5.10 Å². The third-order valence-electron chi connectivity index (χ3n) is 3.67. The molecule has 10 heteroatoms. The molecule has 3 heterocycles. The van der Waals surface area contributed by atoms with Crippen LogP contribution in [-0.4, -0.2) is 45.0 Å². The monoisotopic (exact) mass is 340 g/mol. The van der Waals surface area contributed by atoms with Gasteiger partial charge in [-0.3, -0.25) is 4.79 Å². The van der Waals surface area contributed by atoms with Gasteiger partial charge >= 0.3 is 6.18 Å². The van der Waals surface area contributed by atoms with Crippen LogP contribution in [0, 0.1) is 0 Å². The van der Waals surface area contributed by atoms with Gasteiger partial charge in [0.1, 0.15) is 0 Å². The molecule has 0 saturated carbocycles. The number of piperidine rings is 1. The van der Waals surface area contributed by atoms with Crippen LogP contribution in [0.2, 0.25) is 0 Å². The van der Waals surface area contributed by atoms with Crippen LogP contribution in [0.25, 0.3) is 5.82 Å². The number of halogens is 3. The summed E-state index contributed by atoms with van der Waals surface area (Å²) in [6.07, 6.45) is -0.543. The maximum absolute atomic E-state index is 12.5. The lowest BCUT2D eigenvalue weighted by molar-refractivity contribution is -0.137. The fourth-order valence-electron chi connectivity index (χ4n) is 2.40. The second kappa shape index (κ2) is 6.56. The molecule has 3 rings (SSSR count). The lowest BCUT2D eigenvalue weighted by atomic mass is 10.1. The Hall–Kier alpha value is -2.49. The predicted octanol–water partition coefficient (Wildman–Crippen LogP) is 1.16. The minimum absolute atomic E-state index is 0.0283. The van der Waals surface area contributed by atoms with Crippen molar-refractivity contribution in [1.29, 1.82) is 0 Å². The van der Waals surface area contributed by atoms with E-state index in [1.165, 1.54) is 12.3 Å². The van der Waals surface area contributed by atoms with E-state index in [4.69, 9.17) is 0 Å². The Labute approximate surface area is 135 Å². The molecule has 1 amide bonds. The molecular formula is C14H15F3N6O. The molecule has 2 N–H and O–H groups in total. The van der Waals surface area contributed by atoms with Gasteiger partial charge in [0.05, 0.1) is 11.8 Å². The van der Waals surface area contributed by atoms with Gasteiger partial charge in [-0.05, 0) is 31.5 Å². The Balaban J connectivity index is 1.69. The van der Waals surface area contributed by atoms with E-state index < -0.39 is 11.7 Å². The molecule has 0 spiro atoms. The Bertz CT molecular complexity index is 706. The van der Waals surface area contributed by atoms with E-state index in [0.29, 0.717) is 12.7 Å². The van der Waals surface area contributed by atoms with Gasteiger partial charge in [-0.25, -0.2) is 9.67 Å². The average molecular weight is 340 g/mol. The van der Waals surface area contributed by atoms with Gasteiger partial charge in [0.25, 0.3) is 5.91 Å². The molecule has 1 saturated heterocycles. The highest BCUT2D eigenvalue weighted by molar-refractivity contribution is 5.92. The van der Waals surface area contributed by atoms with Crippen LogP contribution in [0.3, 0.4) is 0 Å². The number of nitrogens with one attached hydrogen (secondary N) is 2. The zero-order valence-electron chi connectivity index (χ0n) is 12.5. The van der Waals surface area contributed by atoms with Gasteiger partial charge in [-0.1, -0.05) is 5.21 Å². The molecule has 128 valence electrons. The lowest BCUT2D eigenvalue weighted by Gasteiger charge is -2.23. The summed E-state index contributed by atoms with van der Waals surface area (Å²) >= 11 is 0. The number of alkyl halides is 3. The molecule has 1 aliphatic heterocycles. The number of rotatable bonds is 3. The standard InChI is InChI=1S/C14H15F3N6O/c15-14(16,17)9-3-4-12(19-6-9)23-8-11(21-22-23)13(24)20-10-2-1-5-18-7-10/h3-4,6,8,10,18H,1-2,5,7H2,(H,20,24). The van der Waals surface area contributed by atoms with E-state index in [-0.39, 0.29) is 23.5 Å². The first-order valence-corrected chi connectivity index (χ1v) is 7.41. The second-order valence-electron chi connectivity index (χ2n) is 5.47. The summed E-state index contributed by atoms with van der Waals surface area (Å²) in [7, 11) is 0. The summed E-state index contributed by atoms with van der Waals surface area (Å²) < 4.78 is 38.7. The van der Waals surface area contributed by atoms with E-state index >= 15 is 0 Å². The molecule has 2 aromatic heterocycles. The first-order valence-electron chi connectivity index (χ1n) is 7.41. The van der Waals surface area contributed by atoms with E-state index in [1.54, 1.807) is 0 Å². The minimum Gasteiger partial charge on any atom is -0.347 e. The molecule has 1 atom stereocenters. The van der Waals surface area contributed by atoms with E-state index in [2.05, 4.69) is 25.9 Å². The molecule has 0 radical (unpaired) electrons. The minimum atomic E-state index is -4.45. The van der Waals surface area contributed by atoms with Crippen molar-refractivity contribution in [2.75, 3.05) is 13.1 Å². The number of amides is 1. The van der Waals surface area contributed by atoms with Gasteiger partial charge < -0.3 is 10.6 Å². The summed E-state index contributed by atoms with van der Waals surface area (Å²) in [6.45, 7) is 1.63. The third-order valence-corrected chi connectivity index (χ3v) is 3.67.